The Hall–Kier alpha value is -0.770. The summed E-state index contributed by atoms with van der Waals surface area (Å²) < 4.78 is 0. The van der Waals surface area contributed by atoms with Gasteiger partial charge in [-0.05, 0) is 20.8 Å². The predicted octanol–water partition coefficient (Wildman–Crippen LogP) is 0.481. The van der Waals surface area contributed by atoms with Crippen molar-refractivity contribution in [1.29, 1.82) is 0 Å². The summed E-state index contributed by atoms with van der Waals surface area (Å²) in [5, 5.41) is 0. The molecule has 4 heteroatoms. The van der Waals surface area contributed by atoms with E-state index in [-0.39, 0.29) is 11.6 Å². The number of rotatable bonds is 0. The van der Waals surface area contributed by atoms with Crippen LogP contribution < -0.4 is 5.73 Å². The number of nitrogens with zero attached hydrogens (tertiary/aromatic N) is 2. The molecule has 1 aliphatic heterocycles. The zero-order chi connectivity index (χ0) is 10.1. The minimum absolute atomic E-state index is 0.198. The third kappa shape index (κ3) is 2.59. The Balaban J connectivity index is 2.44. The van der Waals surface area contributed by atoms with Gasteiger partial charge >= 0.3 is 6.03 Å². The van der Waals surface area contributed by atoms with Gasteiger partial charge in [0.2, 0.25) is 0 Å². The summed E-state index contributed by atoms with van der Waals surface area (Å²) in [5.74, 6) is 0. The van der Waals surface area contributed by atoms with E-state index in [4.69, 9.17) is 5.73 Å². The van der Waals surface area contributed by atoms with Crippen LogP contribution in [-0.4, -0.2) is 47.5 Å². The molecule has 1 rings (SSSR count). The van der Waals surface area contributed by atoms with Crippen LogP contribution >= 0.6 is 0 Å². The van der Waals surface area contributed by atoms with E-state index in [9.17, 15) is 4.79 Å². The highest BCUT2D eigenvalue weighted by molar-refractivity contribution is 5.72. The fourth-order valence-corrected chi connectivity index (χ4v) is 1.60. The molecule has 13 heavy (non-hydrogen) atoms. The lowest BCUT2D eigenvalue weighted by Gasteiger charge is -2.41. The maximum atomic E-state index is 10.8. The molecule has 4 nitrogen and oxygen atoms in total. The average molecular weight is 185 g/mol. The monoisotopic (exact) mass is 185 g/mol. The number of amides is 2. The molecule has 0 saturated carbocycles. The lowest BCUT2D eigenvalue weighted by molar-refractivity contribution is 0.0765. The summed E-state index contributed by atoms with van der Waals surface area (Å²) in [6.45, 7) is 9.92. The van der Waals surface area contributed by atoms with Crippen LogP contribution in [0.4, 0.5) is 4.79 Å². The lowest BCUT2D eigenvalue weighted by Crippen LogP contribution is -2.55. The fraction of sp³-hybridized carbons (Fsp3) is 0.889. The average Bonchev–Trinajstić information content (AvgIpc) is 2.03. The summed E-state index contributed by atoms with van der Waals surface area (Å²) in [7, 11) is 0. The highest BCUT2D eigenvalue weighted by Gasteiger charge is 2.26. The highest BCUT2D eigenvalue weighted by atomic mass is 16.2. The standard InChI is InChI=1S/C9H19N3O/c1-9(2,3)12-6-4-11(5-7-12)8(10)13/h4-7H2,1-3H3,(H2,10,13). The van der Waals surface area contributed by atoms with Crippen LogP contribution in [0.1, 0.15) is 20.8 Å². The van der Waals surface area contributed by atoms with Gasteiger partial charge in [0.15, 0.2) is 0 Å². The maximum absolute atomic E-state index is 10.8. The van der Waals surface area contributed by atoms with E-state index < -0.39 is 0 Å². The summed E-state index contributed by atoms with van der Waals surface area (Å²) in [6, 6.07) is -0.298. The van der Waals surface area contributed by atoms with Crippen molar-refractivity contribution in [1.82, 2.24) is 9.80 Å². The largest absolute Gasteiger partial charge is 0.351 e. The van der Waals surface area contributed by atoms with Crippen molar-refractivity contribution >= 4 is 6.03 Å². The minimum atomic E-state index is -0.298. The van der Waals surface area contributed by atoms with Crippen molar-refractivity contribution in [3.63, 3.8) is 0 Å². The lowest BCUT2D eigenvalue weighted by atomic mass is 10.1. The molecule has 2 N–H and O–H groups in total. The zero-order valence-corrected chi connectivity index (χ0v) is 8.71. The second kappa shape index (κ2) is 3.54. The molecule has 0 atom stereocenters. The first-order valence-electron chi connectivity index (χ1n) is 4.70. The van der Waals surface area contributed by atoms with Crippen LogP contribution in [0.5, 0.6) is 0 Å². The van der Waals surface area contributed by atoms with Gasteiger partial charge in [0.25, 0.3) is 0 Å². The second-order valence-corrected chi connectivity index (χ2v) is 4.48. The van der Waals surface area contributed by atoms with Crippen molar-refractivity contribution in [2.24, 2.45) is 5.73 Å². The minimum Gasteiger partial charge on any atom is -0.351 e. The molecular formula is C9H19N3O. The fourth-order valence-electron chi connectivity index (χ4n) is 1.60. The van der Waals surface area contributed by atoms with Gasteiger partial charge in [0, 0.05) is 31.7 Å². The molecule has 0 aromatic heterocycles. The van der Waals surface area contributed by atoms with Gasteiger partial charge in [-0.3, -0.25) is 4.90 Å². The zero-order valence-electron chi connectivity index (χ0n) is 8.71. The Morgan fingerprint density at radius 1 is 1.15 bits per heavy atom. The van der Waals surface area contributed by atoms with Crippen LogP contribution in [0.2, 0.25) is 0 Å². The first-order valence-corrected chi connectivity index (χ1v) is 4.70. The SMILES string of the molecule is CC(C)(C)N1CCN(C(N)=O)CC1. The van der Waals surface area contributed by atoms with Gasteiger partial charge in [0.1, 0.15) is 0 Å². The number of hydrogen-bond acceptors (Lipinski definition) is 2. The number of carbonyl (C=O) groups excluding carboxylic acids is 1. The third-order valence-corrected chi connectivity index (χ3v) is 2.54. The van der Waals surface area contributed by atoms with Gasteiger partial charge in [0.05, 0.1) is 0 Å². The van der Waals surface area contributed by atoms with Crippen molar-refractivity contribution in [2.75, 3.05) is 26.2 Å². The summed E-state index contributed by atoms with van der Waals surface area (Å²) >= 11 is 0. The van der Waals surface area contributed by atoms with Crippen molar-refractivity contribution in [3.8, 4) is 0 Å². The topological polar surface area (TPSA) is 49.6 Å². The van der Waals surface area contributed by atoms with Crippen LogP contribution in [0.15, 0.2) is 0 Å². The van der Waals surface area contributed by atoms with Gasteiger partial charge in [-0.25, -0.2) is 4.79 Å². The summed E-state index contributed by atoms with van der Waals surface area (Å²) in [5.41, 5.74) is 5.39. The van der Waals surface area contributed by atoms with E-state index in [1.54, 1.807) is 4.90 Å². The quantitative estimate of drug-likeness (QED) is 0.597. The van der Waals surface area contributed by atoms with Gasteiger partial charge < -0.3 is 10.6 Å². The Kier molecular flexibility index (Phi) is 2.81. The molecule has 2 amide bonds. The van der Waals surface area contributed by atoms with E-state index in [0.29, 0.717) is 0 Å². The van der Waals surface area contributed by atoms with Gasteiger partial charge in [-0.2, -0.15) is 0 Å². The highest BCUT2D eigenvalue weighted by Crippen LogP contribution is 2.15. The molecule has 0 aromatic rings. The normalized spacial score (nSPS) is 20.4. The van der Waals surface area contributed by atoms with Crippen LogP contribution in [0.25, 0.3) is 0 Å². The molecule has 0 unspecified atom stereocenters. The van der Waals surface area contributed by atoms with E-state index in [1.807, 2.05) is 0 Å². The molecule has 1 aliphatic rings. The Morgan fingerprint density at radius 2 is 1.62 bits per heavy atom. The molecule has 0 aromatic carbocycles. The van der Waals surface area contributed by atoms with Crippen molar-refractivity contribution in [3.05, 3.63) is 0 Å². The van der Waals surface area contributed by atoms with E-state index >= 15 is 0 Å². The molecule has 0 aliphatic carbocycles. The smallest absolute Gasteiger partial charge is 0.314 e. The Labute approximate surface area is 79.7 Å². The molecular weight excluding hydrogens is 166 g/mol. The van der Waals surface area contributed by atoms with Gasteiger partial charge in [-0.1, -0.05) is 0 Å². The number of nitrogens with two attached hydrogens (primary N) is 1. The Morgan fingerprint density at radius 3 is 1.92 bits per heavy atom. The molecule has 1 fully saturated rings. The van der Waals surface area contributed by atoms with Crippen LogP contribution in [0, 0.1) is 0 Å². The number of urea groups is 1. The third-order valence-electron chi connectivity index (χ3n) is 2.54. The molecule has 1 saturated heterocycles. The van der Waals surface area contributed by atoms with Gasteiger partial charge in [-0.15, -0.1) is 0 Å². The van der Waals surface area contributed by atoms with E-state index in [1.165, 1.54) is 0 Å². The summed E-state index contributed by atoms with van der Waals surface area (Å²) in [4.78, 5) is 14.9. The first-order chi connectivity index (χ1) is 5.91. The summed E-state index contributed by atoms with van der Waals surface area (Å²) in [6.07, 6.45) is 0. The van der Waals surface area contributed by atoms with Crippen LogP contribution in [-0.2, 0) is 0 Å². The molecule has 0 radical (unpaired) electrons. The van der Waals surface area contributed by atoms with E-state index in [0.717, 1.165) is 26.2 Å². The first kappa shape index (κ1) is 10.3. The van der Waals surface area contributed by atoms with Crippen molar-refractivity contribution in [2.45, 2.75) is 26.3 Å². The van der Waals surface area contributed by atoms with Crippen LogP contribution in [0.3, 0.4) is 0 Å². The number of piperazine rings is 1. The number of primary amides is 1. The number of carbonyl (C=O) groups is 1. The molecule has 1 heterocycles. The molecule has 0 bridgehead atoms. The maximum Gasteiger partial charge on any atom is 0.314 e. The predicted molar refractivity (Wildman–Crippen MR) is 52.5 cm³/mol. The van der Waals surface area contributed by atoms with E-state index in [2.05, 4.69) is 25.7 Å². The number of hydrogen-bond donors (Lipinski definition) is 1. The Bertz CT molecular complexity index is 190. The molecule has 76 valence electrons. The second-order valence-electron chi connectivity index (χ2n) is 4.48. The molecule has 0 spiro atoms. The van der Waals surface area contributed by atoms with Crippen molar-refractivity contribution < 1.29 is 4.79 Å².